The lowest BCUT2D eigenvalue weighted by molar-refractivity contribution is 0.354. The largest absolute Gasteiger partial charge is 0.495 e. The Morgan fingerprint density at radius 1 is 1.25 bits per heavy atom. The van der Waals surface area contributed by atoms with Crippen LogP contribution in [-0.2, 0) is 0 Å². The van der Waals surface area contributed by atoms with Gasteiger partial charge in [-0.3, -0.25) is 0 Å². The molecule has 0 radical (unpaired) electrons. The first-order valence-corrected chi connectivity index (χ1v) is 8.35. The number of ether oxygens (including phenoxy) is 1. The molecule has 1 aliphatic carbocycles. The van der Waals surface area contributed by atoms with Gasteiger partial charge in [-0.05, 0) is 53.9 Å². The zero-order chi connectivity index (χ0) is 14.0. The van der Waals surface area contributed by atoms with E-state index in [0.29, 0.717) is 5.54 Å². The summed E-state index contributed by atoms with van der Waals surface area (Å²) in [6.07, 6.45) is 6.57. The Morgan fingerprint density at radius 3 is 2.80 bits per heavy atom. The smallest absolute Gasteiger partial charge is 0.135 e. The molecule has 3 rings (SSSR count). The average Bonchev–Trinajstić information content (AvgIpc) is 2.80. The molecule has 0 amide bonds. The number of nitrogens with one attached hydrogen (secondary N) is 1. The van der Waals surface area contributed by atoms with Gasteiger partial charge in [0, 0.05) is 30.4 Å². The highest BCUT2D eigenvalue weighted by Gasteiger charge is 2.36. The van der Waals surface area contributed by atoms with E-state index in [1.807, 2.05) is 0 Å². The third-order valence-corrected chi connectivity index (χ3v) is 5.31. The third kappa shape index (κ3) is 2.82. The predicted molar refractivity (Wildman–Crippen MR) is 86.7 cm³/mol. The topological polar surface area (TPSA) is 24.5 Å². The fourth-order valence-corrected chi connectivity index (χ4v) is 3.98. The van der Waals surface area contributed by atoms with Crippen molar-refractivity contribution in [1.82, 2.24) is 5.32 Å². The van der Waals surface area contributed by atoms with Gasteiger partial charge >= 0.3 is 0 Å². The first kappa shape index (κ1) is 14.2. The van der Waals surface area contributed by atoms with Crippen molar-refractivity contribution in [1.29, 1.82) is 0 Å². The molecule has 1 aromatic rings. The van der Waals surface area contributed by atoms with Crippen molar-refractivity contribution < 1.29 is 4.74 Å². The molecule has 1 aliphatic heterocycles. The van der Waals surface area contributed by atoms with Crippen molar-refractivity contribution in [2.75, 3.05) is 31.6 Å². The molecule has 4 heteroatoms. The summed E-state index contributed by atoms with van der Waals surface area (Å²) in [5, 5.41) is 3.81. The predicted octanol–water partition coefficient (Wildman–Crippen LogP) is 3.57. The van der Waals surface area contributed by atoms with Crippen LogP contribution in [0.1, 0.15) is 32.1 Å². The highest BCUT2D eigenvalue weighted by molar-refractivity contribution is 9.10. The van der Waals surface area contributed by atoms with Gasteiger partial charge < -0.3 is 15.0 Å². The SMILES string of the molecule is COc1cc(N2CCCNC3(CCCC3)C2)ccc1Br. The summed E-state index contributed by atoms with van der Waals surface area (Å²) in [5.41, 5.74) is 1.62. The molecule has 0 bridgehead atoms. The van der Waals surface area contributed by atoms with Crippen LogP contribution in [0.25, 0.3) is 0 Å². The Kier molecular flexibility index (Phi) is 4.22. The van der Waals surface area contributed by atoms with E-state index in [0.717, 1.165) is 29.9 Å². The van der Waals surface area contributed by atoms with Crippen molar-refractivity contribution in [3.8, 4) is 5.75 Å². The Morgan fingerprint density at radius 2 is 2.05 bits per heavy atom. The Bertz CT molecular complexity index is 472. The minimum atomic E-state index is 0.344. The van der Waals surface area contributed by atoms with E-state index in [2.05, 4.69) is 44.3 Å². The molecule has 0 atom stereocenters. The Balaban J connectivity index is 1.84. The maximum absolute atomic E-state index is 5.44. The molecule has 0 aromatic heterocycles. The highest BCUT2D eigenvalue weighted by atomic mass is 79.9. The van der Waals surface area contributed by atoms with Gasteiger partial charge in [0.05, 0.1) is 11.6 Å². The maximum Gasteiger partial charge on any atom is 0.135 e. The summed E-state index contributed by atoms with van der Waals surface area (Å²) in [6.45, 7) is 3.39. The van der Waals surface area contributed by atoms with Crippen molar-refractivity contribution in [2.45, 2.75) is 37.6 Å². The number of rotatable bonds is 2. The Hall–Kier alpha value is -0.740. The molecule has 1 saturated heterocycles. The fourth-order valence-electron chi connectivity index (χ4n) is 3.58. The van der Waals surface area contributed by atoms with Gasteiger partial charge in [0.1, 0.15) is 5.75 Å². The molecule has 0 unspecified atom stereocenters. The highest BCUT2D eigenvalue weighted by Crippen LogP contribution is 2.35. The summed E-state index contributed by atoms with van der Waals surface area (Å²) in [6, 6.07) is 6.44. The zero-order valence-corrected chi connectivity index (χ0v) is 13.7. The molecule has 1 spiro atoms. The minimum Gasteiger partial charge on any atom is -0.495 e. The van der Waals surface area contributed by atoms with Gasteiger partial charge in [-0.15, -0.1) is 0 Å². The molecule has 2 aliphatic rings. The standard InChI is InChI=1S/C16H23BrN2O/c1-20-15-11-13(5-6-14(15)17)19-10-4-9-18-16(12-19)7-2-3-8-16/h5-6,11,18H,2-4,7-10,12H2,1H3. The number of hydrogen-bond acceptors (Lipinski definition) is 3. The summed E-state index contributed by atoms with van der Waals surface area (Å²) in [5.74, 6) is 0.917. The number of hydrogen-bond donors (Lipinski definition) is 1. The van der Waals surface area contributed by atoms with Crippen molar-refractivity contribution >= 4 is 21.6 Å². The van der Waals surface area contributed by atoms with E-state index in [1.54, 1.807) is 7.11 Å². The van der Waals surface area contributed by atoms with E-state index < -0.39 is 0 Å². The van der Waals surface area contributed by atoms with E-state index in [9.17, 15) is 0 Å². The summed E-state index contributed by atoms with van der Waals surface area (Å²) >= 11 is 3.53. The van der Waals surface area contributed by atoms with Crippen LogP contribution in [-0.4, -0.2) is 32.3 Å². The van der Waals surface area contributed by atoms with Gasteiger partial charge in [-0.1, -0.05) is 12.8 Å². The zero-order valence-electron chi connectivity index (χ0n) is 12.1. The van der Waals surface area contributed by atoms with E-state index >= 15 is 0 Å². The summed E-state index contributed by atoms with van der Waals surface area (Å²) in [7, 11) is 1.73. The number of halogens is 1. The minimum absolute atomic E-state index is 0.344. The second kappa shape index (κ2) is 5.94. The number of benzene rings is 1. The number of nitrogens with zero attached hydrogens (tertiary/aromatic N) is 1. The molecular formula is C16H23BrN2O. The molecule has 1 heterocycles. The van der Waals surface area contributed by atoms with Crippen LogP contribution in [0.15, 0.2) is 22.7 Å². The lowest BCUT2D eigenvalue weighted by atomic mass is 9.97. The second-order valence-corrected chi connectivity index (χ2v) is 6.86. The molecule has 2 fully saturated rings. The first-order valence-electron chi connectivity index (χ1n) is 7.56. The normalized spacial score (nSPS) is 22.0. The van der Waals surface area contributed by atoms with Gasteiger partial charge in [0.25, 0.3) is 0 Å². The first-order chi connectivity index (χ1) is 9.72. The molecule has 1 aromatic carbocycles. The number of methoxy groups -OCH3 is 1. The van der Waals surface area contributed by atoms with Gasteiger partial charge in [0.2, 0.25) is 0 Å². The fraction of sp³-hybridized carbons (Fsp3) is 0.625. The van der Waals surface area contributed by atoms with E-state index in [4.69, 9.17) is 4.74 Å². The quantitative estimate of drug-likeness (QED) is 0.892. The molecule has 1 saturated carbocycles. The van der Waals surface area contributed by atoms with Crippen LogP contribution in [0.4, 0.5) is 5.69 Å². The second-order valence-electron chi connectivity index (χ2n) is 6.01. The van der Waals surface area contributed by atoms with Crippen LogP contribution in [0.5, 0.6) is 5.75 Å². The average molecular weight is 339 g/mol. The van der Waals surface area contributed by atoms with Gasteiger partial charge in [-0.2, -0.15) is 0 Å². The summed E-state index contributed by atoms with van der Waals surface area (Å²) < 4.78 is 6.46. The van der Waals surface area contributed by atoms with Crippen LogP contribution < -0.4 is 15.0 Å². The molecule has 3 nitrogen and oxygen atoms in total. The molecule has 20 heavy (non-hydrogen) atoms. The van der Waals surface area contributed by atoms with Crippen LogP contribution in [0.3, 0.4) is 0 Å². The lowest BCUT2D eigenvalue weighted by Crippen LogP contribution is -2.49. The third-order valence-electron chi connectivity index (χ3n) is 4.66. The van der Waals surface area contributed by atoms with Crippen LogP contribution in [0.2, 0.25) is 0 Å². The van der Waals surface area contributed by atoms with E-state index in [-0.39, 0.29) is 0 Å². The van der Waals surface area contributed by atoms with Crippen molar-refractivity contribution in [3.05, 3.63) is 22.7 Å². The lowest BCUT2D eigenvalue weighted by Gasteiger charge is -2.34. The molecular weight excluding hydrogens is 316 g/mol. The van der Waals surface area contributed by atoms with Gasteiger partial charge in [0.15, 0.2) is 0 Å². The Labute approximate surface area is 129 Å². The molecule has 110 valence electrons. The van der Waals surface area contributed by atoms with Gasteiger partial charge in [-0.25, -0.2) is 0 Å². The van der Waals surface area contributed by atoms with Crippen LogP contribution in [0, 0.1) is 0 Å². The maximum atomic E-state index is 5.44. The van der Waals surface area contributed by atoms with Crippen LogP contribution >= 0.6 is 15.9 Å². The molecule has 1 N–H and O–H groups in total. The van der Waals surface area contributed by atoms with Crippen molar-refractivity contribution in [3.63, 3.8) is 0 Å². The van der Waals surface area contributed by atoms with E-state index in [1.165, 1.54) is 37.8 Å². The van der Waals surface area contributed by atoms with Crippen molar-refractivity contribution in [2.24, 2.45) is 0 Å². The monoisotopic (exact) mass is 338 g/mol. The number of anilines is 1. The summed E-state index contributed by atoms with van der Waals surface area (Å²) in [4.78, 5) is 2.53.